The summed E-state index contributed by atoms with van der Waals surface area (Å²) in [6.45, 7) is 6.11. The number of aryl methyl sites for hydroxylation is 2. The van der Waals surface area contributed by atoms with Crippen LogP contribution in [0.5, 0.6) is 0 Å². The molecule has 1 heterocycles. The summed E-state index contributed by atoms with van der Waals surface area (Å²) >= 11 is 0. The maximum Gasteiger partial charge on any atom is 0.321 e. The van der Waals surface area contributed by atoms with Crippen LogP contribution in [0.25, 0.3) is 0 Å². The van der Waals surface area contributed by atoms with Gasteiger partial charge in [0.25, 0.3) is 0 Å². The van der Waals surface area contributed by atoms with Crippen LogP contribution in [-0.4, -0.2) is 29.9 Å². The summed E-state index contributed by atoms with van der Waals surface area (Å²) in [6, 6.07) is 16.0. The molecule has 1 fully saturated rings. The van der Waals surface area contributed by atoms with E-state index in [1.807, 2.05) is 48.2 Å². The van der Waals surface area contributed by atoms with Gasteiger partial charge in [-0.3, -0.25) is 4.79 Å². The van der Waals surface area contributed by atoms with Crippen LogP contribution in [0.1, 0.15) is 42.4 Å². The van der Waals surface area contributed by atoms with Crippen LogP contribution in [-0.2, 0) is 11.3 Å². The van der Waals surface area contributed by atoms with Crippen LogP contribution in [0.2, 0.25) is 0 Å². The number of likely N-dealkylation sites (tertiary alicyclic amines) is 1. The van der Waals surface area contributed by atoms with Crippen LogP contribution in [0, 0.1) is 19.8 Å². The summed E-state index contributed by atoms with van der Waals surface area (Å²) < 4.78 is 0. The van der Waals surface area contributed by atoms with Gasteiger partial charge in [0.15, 0.2) is 0 Å². The standard InChI is InChI=1S/C24H31N3O2/c1-18-8-10-20(11-9-18)16-25-23(28)13-12-21-6-4-14-27(17-21)24(29)26-22-7-3-5-19(2)15-22/h3,5,7-11,15,21H,4,6,12-14,16-17H2,1-2H3,(H,25,28)(H,26,29). The lowest BCUT2D eigenvalue weighted by Gasteiger charge is -2.32. The highest BCUT2D eigenvalue weighted by molar-refractivity contribution is 5.89. The maximum atomic E-state index is 12.6. The van der Waals surface area contributed by atoms with Crippen molar-refractivity contribution in [2.24, 2.45) is 5.92 Å². The van der Waals surface area contributed by atoms with E-state index >= 15 is 0 Å². The van der Waals surface area contributed by atoms with E-state index in [2.05, 4.69) is 29.7 Å². The fraction of sp³-hybridized carbons (Fsp3) is 0.417. The average Bonchev–Trinajstić information content (AvgIpc) is 2.72. The summed E-state index contributed by atoms with van der Waals surface area (Å²) in [7, 11) is 0. The second-order valence-corrected chi connectivity index (χ2v) is 8.05. The molecule has 5 nitrogen and oxygen atoms in total. The molecule has 29 heavy (non-hydrogen) atoms. The number of carbonyl (C=O) groups is 2. The van der Waals surface area contributed by atoms with Gasteiger partial charge in [-0.25, -0.2) is 4.79 Å². The molecule has 154 valence electrons. The number of amides is 3. The number of rotatable bonds is 6. The molecule has 2 aromatic carbocycles. The minimum Gasteiger partial charge on any atom is -0.352 e. The van der Waals surface area contributed by atoms with E-state index in [1.165, 1.54) is 5.56 Å². The largest absolute Gasteiger partial charge is 0.352 e. The Morgan fingerprint density at radius 2 is 1.86 bits per heavy atom. The normalized spacial score (nSPS) is 16.3. The first kappa shape index (κ1) is 20.9. The van der Waals surface area contributed by atoms with Gasteiger partial charge in [0.2, 0.25) is 5.91 Å². The van der Waals surface area contributed by atoms with Crippen molar-refractivity contribution in [2.45, 2.75) is 46.1 Å². The van der Waals surface area contributed by atoms with Gasteiger partial charge in [-0.2, -0.15) is 0 Å². The average molecular weight is 394 g/mol. The Bertz CT molecular complexity index is 832. The van der Waals surface area contributed by atoms with Gasteiger partial charge < -0.3 is 15.5 Å². The molecule has 0 radical (unpaired) electrons. The molecule has 0 aliphatic carbocycles. The highest BCUT2D eigenvalue weighted by atomic mass is 16.2. The van der Waals surface area contributed by atoms with Crippen molar-refractivity contribution >= 4 is 17.6 Å². The first-order chi connectivity index (χ1) is 14.0. The Hall–Kier alpha value is -2.82. The zero-order chi connectivity index (χ0) is 20.6. The zero-order valence-electron chi connectivity index (χ0n) is 17.4. The smallest absolute Gasteiger partial charge is 0.321 e. The summed E-state index contributed by atoms with van der Waals surface area (Å²) in [6.07, 6.45) is 3.37. The predicted octanol–water partition coefficient (Wildman–Crippen LogP) is 4.64. The van der Waals surface area contributed by atoms with Crippen molar-refractivity contribution in [3.63, 3.8) is 0 Å². The number of urea groups is 1. The molecular weight excluding hydrogens is 362 g/mol. The fourth-order valence-electron chi connectivity index (χ4n) is 3.74. The van der Waals surface area contributed by atoms with Crippen molar-refractivity contribution < 1.29 is 9.59 Å². The highest BCUT2D eigenvalue weighted by Gasteiger charge is 2.24. The van der Waals surface area contributed by atoms with Gasteiger partial charge in [-0.1, -0.05) is 42.0 Å². The number of hydrogen-bond acceptors (Lipinski definition) is 2. The molecule has 2 N–H and O–H groups in total. The molecule has 3 amide bonds. The van der Waals surface area contributed by atoms with E-state index in [1.54, 1.807) is 0 Å². The van der Waals surface area contributed by atoms with E-state index in [9.17, 15) is 9.59 Å². The predicted molar refractivity (Wildman–Crippen MR) is 117 cm³/mol. The Morgan fingerprint density at radius 1 is 1.07 bits per heavy atom. The Morgan fingerprint density at radius 3 is 2.62 bits per heavy atom. The third-order valence-electron chi connectivity index (χ3n) is 5.47. The maximum absolute atomic E-state index is 12.6. The number of benzene rings is 2. The Balaban J connectivity index is 1.41. The van der Waals surface area contributed by atoms with Gasteiger partial charge >= 0.3 is 6.03 Å². The molecule has 0 saturated carbocycles. The van der Waals surface area contributed by atoms with Gasteiger partial charge in [0.1, 0.15) is 0 Å². The van der Waals surface area contributed by atoms with Crippen LogP contribution in [0.15, 0.2) is 48.5 Å². The van der Waals surface area contributed by atoms with E-state index < -0.39 is 0 Å². The van der Waals surface area contributed by atoms with Gasteiger partial charge in [0, 0.05) is 31.7 Å². The molecule has 1 atom stereocenters. The summed E-state index contributed by atoms with van der Waals surface area (Å²) in [5.74, 6) is 0.448. The topological polar surface area (TPSA) is 61.4 Å². The summed E-state index contributed by atoms with van der Waals surface area (Å²) in [4.78, 5) is 26.7. The lowest BCUT2D eigenvalue weighted by Crippen LogP contribution is -2.42. The van der Waals surface area contributed by atoms with Crippen molar-refractivity contribution in [3.05, 3.63) is 65.2 Å². The molecule has 1 aliphatic heterocycles. The van der Waals surface area contributed by atoms with Crippen molar-refractivity contribution in [1.82, 2.24) is 10.2 Å². The fourth-order valence-corrected chi connectivity index (χ4v) is 3.74. The van der Waals surface area contributed by atoms with Crippen molar-refractivity contribution in [1.29, 1.82) is 0 Å². The zero-order valence-corrected chi connectivity index (χ0v) is 17.4. The molecule has 0 bridgehead atoms. The lowest BCUT2D eigenvalue weighted by atomic mass is 9.93. The second-order valence-electron chi connectivity index (χ2n) is 8.05. The Labute approximate surface area is 173 Å². The van der Waals surface area contributed by atoms with E-state index in [0.29, 0.717) is 25.4 Å². The van der Waals surface area contributed by atoms with Crippen LogP contribution in [0.3, 0.4) is 0 Å². The third-order valence-corrected chi connectivity index (χ3v) is 5.47. The quantitative estimate of drug-likeness (QED) is 0.751. The number of hydrogen-bond donors (Lipinski definition) is 2. The summed E-state index contributed by atoms with van der Waals surface area (Å²) in [5, 5.41) is 5.99. The van der Waals surface area contributed by atoms with Crippen LogP contribution >= 0.6 is 0 Å². The first-order valence-corrected chi connectivity index (χ1v) is 10.4. The van der Waals surface area contributed by atoms with Crippen LogP contribution < -0.4 is 10.6 Å². The minimum absolute atomic E-state index is 0.0517. The number of nitrogens with one attached hydrogen (secondary N) is 2. The molecule has 0 spiro atoms. The number of nitrogens with zero attached hydrogens (tertiary/aromatic N) is 1. The summed E-state index contributed by atoms with van der Waals surface area (Å²) in [5.41, 5.74) is 4.28. The molecule has 5 heteroatoms. The minimum atomic E-state index is -0.0517. The van der Waals surface area contributed by atoms with Gasteiger partial charge in [-0.05, 0) is 62.3 Å². The van der Waals surface area contributed by atoms with Gasteiger partial charge in [0.05, 0.1) is 0 Å². The van der Waals surface area contributed by atoms with E-state index in [4.69, 9.17) is 0 Å². The molecule has 0 aromatic heterocycles. The first-order valence-electron chi connectivity index (χ1n) is 10.4. The third kappa shape index (κ3) is 6.63. The number of anilines is 1. The molecule has 3 rings (SSSR count). The lowest BCUT2D eigenvalue weighted by molar-refractivity contribution is -0.121. The second kappa shape index (κ2) is 10.1. The SMILES string of the molecule is Cc1ccc(CNC(=O)CCC2CCCN(C(=O)Nc3cccc(C)c3)C2)cc1. The molecule has 2 aromatic rings. The van der Waals surface area contributed by atoms with E-state index in [0.717, 1.165) is 42.6 Å². The highest BCUT2D eigenvalue weighted by Crippen LogP contribution is 2.22. The van der Waals surface area contributed by atoms with E-state index in [-0.39, 0.29) is 11.9 Å². The van der Waals surface area contributed by atoms with Crippen LogP contribution in [0.4, 0.5) is 10.5 Å². The molecule has 1 unspecified atom stereocenters. The number of piperidine rings is 1. The number of carbonyl (C=O) groups excluding carboxylic acids is 2. The molecule has 1 saturated heterocycles. The Kier molecular flexibility index (Phi) is 7.28. The van der Waals surface area contributed by atoms with Crippen molar-refractivity contribution in [3.8, 4) is 0 Å². The van der Waals surface area contributed by atoms with Gasteiger partial charge in [-0.15, -0.1) is 0 Å². The van der Waals surface area contributed by atoms with Crippen molar-refractivity contribution in [2.75, 3.05) is 18.4 Å². The molecule has 1 aliphatic rings. The molecular formula is C24H31N3O2. The monoisotopic (exact) mass is 393 g/mol.